The molecule has 1 N–H and O–H groups in total. The van der Waals surface area contributed by atoms with Crippen LogP contribution in [0, 0.1) is 5.92 Å². The first-order valence-electron chi connectivity index (χ1n) is 8.70. The van der Waals surface area contributed by atoms with Gasteiger partial charge < -0.3 is 9.84 Å². The van der Waals surface area contributed by atoms with Crippen molar-refractivity contribution in [2.24, 2.45) is 5.92 Å². The van der Waals surface area contributed by atoms with E-state index in [1.165, 1.54) is 0 Å². The second-order valence-electron chi connectivity index (χ2n) is 6.45. The molecular formula is C20H20N2O5. The van der Waals surface area contributed by atoms with Crippen molar-refractivity contribution in [2.45, 2.75) is 25.3 Å². The van der Waals surface area contributed by atoms with Crippen molar-refractivity contribution in [1.29, 1.82) is 0 Å². The summed E-state index contributed by atoms with van der Waals surface area (Å²) in [5.74, 6) is -2.52. The fourth-order valence-electron chi connectivity index (χ4n) is 3.19. The average Bonchev–Trinajstić information content (AvgIpc) is 3.02. The van der Waals surface area contributed by atoms with Crippen LogP contribution in [0.1, 0.15) is 17.7 Å². The molecule has 1 unspecified atom stereocenters. The highest BCUT2D eigenvalue weighted by molar-refractivity contribution is 5.96. The molecular weight excluding hydrogens is 348 g/mol. The molecule has 2 amide bonds. The molecule has 7 nitrogen and oxygen atoms in total. The zero-order valence-corrected chi connectivity index (χ0v) is 14.7. The van der Waals surface area contributed by atoms with Crippen LogP contribution in [0.4, 0.5) is 4.79 Å². The van der Waals surface area contributed by atoms with Crippen LogP contribution in [-0.2, 0) is 27.2 Å². The number of benzene rings is 1. The summed E-state index contributed by atoms with van der Waals surface area (Å²) >= 11 is 0. The third kappa shape index (κ3) is 4.69. The zero-order valence-electron chi connectivity index (χ0n) is 14.7. The van der Waals surface area contributed by atoms with E-state index < -0.39 is 29.9 Å². The molecule has 0 bridgehead atoms. The molecule has 1 aliphatic heterocycles. The Morgan fingerprint density at radius 1 is 1.19 bits per heavy atom. The molecule has 140 valence electrons. The number of amides is 2. The van der Waals surface area contributed by atoms with Crippen molar-refractivity contribution in [3.8, 4) is 0 Å². The molecule has 0 aliphatic carbocycles. The lowest BCUT2D eigenvalue weighted by atomic mass is 9.96. The Morgan fingerprint density at radius 2 is 1.93 bits per heavy atom. The average molecular weight is 368 g/mol. The lowest BCUT2D eigenvalue weighted by Gasteiger charge is -2.24. The molecule has 1 aromatic heterocycles. The number of nitrogens with zero attached hydrogens (tertiary/aromatic N) is 2. The summed E-state index contributed by atoms with van der Waals surface area (Å²) in [5.41, 5.74) is 1.57. The van der Waals surface area contributed by atoms with Crippen molar-refractivity contribution >= 4 is 18.0 Å². The van der Waals surface area contributed by atoms with E-state index in [1.807, 2.05) is 30.3 Å². The number of aromatic nitrogens is 1. The minimum absolute atomic E-state index is 0.100. The normalized spacial score (nSPS) is 17.4. The van der Waals surface area contributed by atoms with Crippen LogP contribution in [0.2, 0.25) is 0 Å². The summed E-state index contributed by atoms with van der Waals surface area (Å²) < 4.78 is 5.08. The van der Waals surface area contributed by atoms with E-state index in [0.717, 1.165) is 10.5 Å². The van der Waals surface area contributed by atoms with Gasteiger partial charge in [0.2, 0.25) is 5.91 Å². The summed E-state index contributed by atoms with van der Waals surface area (Å²) in [6.45, 7) is 0.100. The first-order chi connectivity index (χ1) is 13.0. The molecule has 2 aromatic rings. The number of imide groups is 1. The summed E-state index contributed by atoms with van der Waals surface area (Å²) in [6.07, 6.45) is 1.09. The Labute approximate surface area is 156 Å². The van der Waals surface area contributed by atoms with Gasteiger partial charge in [-0.15, -0.1) is 0 Å². The molecule has 0 radical (unpaired) electrons. The highest BCUT2D eigenvalue weighted by Gasteiger charge is 2.41. The SMILES string of the molecule is O=C(O)CC(Cc1ccccn1)C(=O)N1C(=O)OC[C@H]1Cc1ccccc1. The van der Waals surface area contributed by atoms with Gasteiger partial charge in [0.05, 0.1) is 18.4 Å². The van der Waals surface area contributed by atoms with Gasteiger partial charge in [-0.1, -0.05) is 36.4 Å². The molecule has 3 rings (SSSR count). The molecule has 0 spiro atoms. The quantitative estimate of drug-likeness (QED) is 0.805. The number of cyclic esters (lactones) is 1. The van der Waals surface area contributed by atoms with E-state index in [0.29, 0.717) is 12.1 Å². The van der Waals surface area contributed by atoms with Crippen LogP contribution in [0.25, 0.3) is 0 Å². The molecule has 7 heteroatoms. The topological polar surface area (TPSA) is 96.8 Å². The number of carbonyl (C=O) groups is 3. The zero-order chi connectivity index (χ0) is 19.2. The number of aliphatic carboxylic acids is 1. The van der Waals surface area contributed by atoms with Crippen molar-refractivity contribution in [3.63, 3.8) is 0 Å². The van der Waals surface area contributed by atoms with Gasteiger partial charge in [0.15, 0.2) is 0 Å². The van der Waals surface area contributed by atoms with Gasteiger partial charge in [-0.2, -0.15) is 0 Å². The molecule has 27 heavy (non-hydrogen) atoms. The van der Waals surface area contributed by atoms with Gasteiger partial charge in [0.1, 0.15) is 6.61 Å². The first kappa shape index (κ1) is 18.6. The second kappa shape index (κ2) is 8.44. The van der Waals surface area contributed by atoms with Gasteiger partial charge >= 0.3 is 12.1 Å². The Hall–Kier alpha value is -3.22. The van der Waals surface area contributed by atoms with Gasteiger partial charge in [0, 0.05) is 18.3 Å². The highest BCUT2D eigenvalue weighted by Crippen LogP contribution is 2.23. The fourth-order valence-corrected chi connectivity index (χ4v) is 3.19. The van der Waals surface area contributed by atoms with Crippen LogP contribution < -0.4 is 0 Å². The summed E-state index contributed by atoms with van der Waals surface area (Å²) in [4.78, 5) is 41.7. The smallest absolute Gasteiger partial charge is 0.416 e. The monoisotopic (exact) mass is 368 g/mol. The van der Waals surface area contributed by atoms with Crippen molar-refractivity contribution in [2.75, 3.05) is 6.61 Å². The summed E-state index contributed by atoms with van der Waals surface area (Å²) in [6, 6.07) is 14.3. The van der Waals surface area contributed by atoms with Crippen LogP contribution >= 0.6 is 0 Å². The number of hydrogen-bond acceptors (Lipinski definition) is 5. The van der Waals surface area contributed by atoms with E-state index in [2.05, 4.69) is 4.98 Å². The Balaban J connectivity index is 1.79. The van der Waals surface area contributed by atoms with E-state index in [9.17, 15) is 19.5 Å². The standard InChI is InChI=1S/C20H20N2O5/c23-18(24)12-15(11-16-8-4-5-9-21-16)19(25)22-17(13-27-20(22)26)10-14-6-2-1-3-7-14/h1-9,15,17H,10-13H2,(H,23,24)/t15?,17-/m1/s1. The lowest BCUT2D eigenvalue weighted by molar-refractivity contribution is -0.143. The fraction of sp³-hybridized carbons (Fsp3) is 0.300. The minimum atomic E-state index is -1.10. The maximum Gasteiger partial charge on any atom is 0.416 e. The van der Waals surface area contributed by atoms with Crippen LogP contribution in [-0.4, -0.2) is 45.6 Å². The van der Waals surface area contributed by atoms with Crippen LogP contribution in [0.5, 0.6) is 0 Å². The predicted molar refractivity (Wildman–Crippen MR) is 95.8 cm³/mol. The largest absolute Gasteiger partial charge is 0.481 e. The van der Waals surface area contributed by atoms with Crippen molar-refractivity contribution in [3.05, 3.63) is 66.0 Å². The molecule has 0 saturated carbocycles. The number of carbonyl (C=O) groups excluding carboxylic acids is 2. The molecule has 2 atom stereocenters. The summed E-state index contributed by atoms with van der Waals surface area (Å²) in [5, 5.41) is 9.21. The van der Waals surface area contributed by atoms with Crippen LogP contribution in [0.15, 0.2) is 54.7 Å². The summed E-state index contributed by atoms with van der Waals surface area (Å²) in [7, 11) is 0. The Kier molecular flexibility index (Phi) is 5.80. The van der Waals surface area contributed by atoms with Crippen LogP contribution in [0.3, 0.4) is 0 Å². The maximum atomic E-state index is 13.0. The highest BCUT2D eigenvalue weighted by atomic mass is 16.6. The van der Waals surface area contributed by atoms with E-state index in [-0.39, 0.29) is 19.4 Å². The molecule has 1 aromatic carbocycles. The lowest BCUT2D eigenvalue weighted by Crippen LogP contribution is -2.44. The number of carboxylic acid groups (broad SMARTS) is 1. The maximum absolute atomic E-state index is 13.0. The third-order valence-corrected chi connectivity index (χ3v) is 4.46. The molecule has 2 heterocycles. The number of rotatable bonds is 7. The number of ether oxygens (including phenoxy) is 1. The molecule has 1 fully saturated rings. The predicted octanol–water partition coefficient (Wildman–Crippen LogP) is 2.31. The molecule has 1 saturated heterocycles. The van der Waals surface area contributed by atoms with E-state index >= 15 is 0 Å². The van der Waals surface area contributed by atoms with Gasteiger partial charge in [0.25, 0.3) is 0 Å². The van der Waals surface area contributed by atoms with Gasteiger partial charge in [-0.3, -0.25) is 14.6 Å². The van der Waals surface area contributed by atoms with E-state index in [4.69, 9.17) is 4.74 Å². The Morgan fingerprint density at radius 3 is 2.59 bits per heavy atom. The van der Waals surface area contributed by atoms with Gasteiger partial charge in [-0.05, 0) is 24.1 Å². The molecule has 1 aliphatic rings. The van der Waals surface area contributed by atoms with Gasteiger partial charge in [-0.25, -0.2) is 9.69 Å². The third-order valence-electron chi connectivity index (χ3n) is 4.46. The number of hydrogen-bond donors (Lipinski definition) is 1. The first-order valence-corrected chi connectivity index (χ1v) is 8.70. The number of pyridine rings is 1. The van der Waals surface area contributed by atoms with Crippen molar-refractivity contribution < 1.29 is 24.2 Å². The van der Waals surface area contributed by atoms with E-state index in [1.54, 1.807) is 24.4 Å². The minimum Gasteiger partial charge on any atom is -0.481 e. The number of carboxylic acids is 1. The Bertz CT molecular complexity index is 810. The van der Waals surface area contributed by atoms with Crippen molar-refractivity contribution in [1.82, 2.24) is 9.88 Å². The second-order valence-corrected chi connectivity index (χ2v) is 6.45.